The molecule has 38 heavy (non-hydrogen) atoms. The minimum atomic E-state index is 0. The Kier molecular flexibility index (Phi) is 65.7. The summed E-state index contributed by atoms with van der Waals surface area (Å²) in [6, 6.07) is 0. The van der Waals surface area contributed by atoms with Crippen molar-refractivity contribution in [1.82, 2.24) is 0 Å². The SMILES string of the molecule is CCCCC(CC)C[O-].CCCCC(CC)C[O-].CCCCC(CC)C[O-].CCCCC(CC)C[O-].[Ti+2].[Ti+2]. The fourth-order valence-corrected chi connectivity index (χ4v) is 3.59. The Labute approximate surface area is 270 Å². The van der Waals surface area contributed by atoms with Gasteiger partial charge in [0, 0.05) is 0 Å². The molecule has 0 aromatic rings. The second-order valence-electron chi connectivity index (χ2n) is 10.3. The molecule has 4 unspecified atom stereocenters. The van der Waals surface area contributed by atoms with Gasteiger partial charge in [-0.3, -0.25) is 0 Å². The van der Waals surface area contributed by atoms with Gasteiger partial charge in [-0.15, -0.1) is 26.4 Å². The van der Waals surface area contributed by atoms with Crippen molar-refractivity contribution >= 4 is 0 Å². The average molecular weight is 613 g/mol. The molecule has 0 aliphatic heterocycles. The molecular formula is C32H68O4Ti2. The molecule has 4 nitrogen and oxygen atoms in total. The third kappa shape index (κ3) is 44.3. The minimum absolute atomic E-state index is 0. The van der Waals surface area contributed by atoms with Gasteiger partial charge >= 0.3 is 43.4 Å². The normalized spacial score (nSPS) is 12.9. The van der Waals surface area contributed by atoms with Gasteiger partial charge in [0.2, 0.25) is 0 Å². The molecule has 0 bridgehead atoms. The van der Waals surface area contributed by atoms with Crippen LogP contribution in [0, 0.1) is 23.7 Å². The molecule has 6 heteroatoms. The van der Waals surface area contributed by atoms with Crippen LogP contribution in [0.2, 0.25) is 0 Å². The summed E-state index contributed by atoms with van der Waals surface area (Å²) in [5, 5.41) is 41.5. The molecule has 0 aliphatic rings. The Bertz CT molecular complexity index is 269. The molecule has 0 saturated heterocycles. The molecule has 0 aromatic carbocycles. The average Bonchev–Trinajstić information content (AvgIpc) is 2.92. The molecular weight excluding hydrogens is 544 g/mol. The summed E-state index contributed by atoms with van der Waals surface area (Å²) in [5.41, 5.74) is 0. The molecule has 228 valence electrons. The zero-order valence-electron chi connectivity index (χ0n) is 27.1. The van der Waals surface area contributed by atoms with Crippen LogP contribution in [0.5, 0.6) is 0 Å². The summed E-state index contributed by atoms with van der Waals surface area (Å²) < 4.78 is 0. The maximum absolute atomic E-state index is 10.4. The van der Waals surface area contributed by atoms with E-state index in [0.29, 0.717) is 23.7 Å². The summed E-state index contributed by atoms with van der Waals surface area (Å²) in [6.07, 6.45) is 18.5. The van der Waals surface area contributed by atoms with E-state index in [0.717, 1.165) is 51.4 Å². The summed E-state index contributed by atoms with van der Waals surface area (Å²) in [7, 11) is 0. The quantitative estimate of drug-likeness (QED) is 0.152. The van der Waals surface area contributed by atoms with E-state index in [1.165, 1.54) is 51.4 Å². The van der Waals surface area contributed by atoms with Crippen LogP contribution in [0.4, 0.5) is 0 Å². The largest absolute Gasteiger partial charge is 2.00 e. The maximum atomic E-state index is 10.4. The van der Waals surface area contributed by atoms with Crippen molar-refractivity contribution in [3.63, 3.8) is 0 Å². The number of rotatable bonds is 20. The minimum Gasteiger partial charge on any atom is -0.854 e. The Balaban J connectivity index is -0.0000000883. The second kappa shape index (κ2) is 48.0. The van der Waals surface area contributed by atoms with Crippen molar-refractivity contribution < 1.29 is 63.9 Å². The maximum Gasteiger partial charge on any atom is 2.00 e. The van der Waals surface area contributed by atoms with Crippen molar-refractivity contribution in [2.45, 2.75) is 158 Å². The monoisotopic (exact) mass is 612 g/mol. The third-order valence-corrected chi connectivity index (χ3v) is 7.12. The van der Waals surface area contributed by atoms with E-state index >= 15 is 0 Å². The molecule has 0 saturated carbocycles. The Hall–Kier alpha value is 1.27. The van der Waals surface area contributed by atoms with Gasteiger partial charge in [-0.25, -0.2) is 0 Å². The first-order valence-corrected chi connectivity index (χ1v) is 15.7. The van der Waals surface area contributed by atoms with Gasteiger partial charge in [0.25, 0.3) is 0 Å². The molecule has 0 N–H and O–H groups in total. The molecule has 0 fully saturated rings. The van der Waals surface area contributed by atoms with Crippen LogP contribution in [-0.2, 0) is 43.4 Å². The zero-order chi connectivity index (χ0) is 28.5. The van der Waals surface area contributed by atoms with Crippen LogP contribution >= 0.6 is 0 Å². The Morgan fingerprint density at radius 1 is 0.342 bits per heavy atom. The van der Waals surface area contributed by atoms with Crippen LogP contribution in [0.15, 0.2) is 0 Å². The van der Waals surface area contributed by atoms with Crippen LogP contribution in [-0.4, -0.2) is 26.4 Å². The van der Waals surface area contributed by atoms with E-state index in [-0.39, 0.29) is 69.9 Å². The van der Waals surface area contributed by atoms with Gasteiger partial charge in [0.05, 0.1) is 0 Å². The van der Waals surface area contributed by atoms with Crippen LogP contribution in [0.3, 0.4) is 0 Å². The molecule has 0 aromatic heterocycles. The fourth-order valence-electron chi connectivity index (χ4n) is 3.59. The van der Waals surface area contributed by atoms with E-state index in [9.17, 15) is 20.4 Å². The van der Waals surface area contributed by atoms with E-state index in [1.54, 1.807) is 0 Å². The van der Waals surface area contributed by atoms with Gasteiger partial charge in [-0.2, -0.15) is 0 Å². The smallest absolute Gasteiger partial charge is 0.854 e. The van der Waals surface area contributed by atoms with Crippen LogP contribution in [0.25, 0.3) is 0 Å². The van der Waals surface area contributed by atoms with Crippen LogP contribution in [0.1, 0.15) is 158 Å². The van der Waals surface area contributed by atoms with E-state index in [4.69, 9.17) is 0 Å². The van der Waals surface area contributed by atoms with Gasteiger partial charge in [-0.1, -0.05) is 182 Å². The first-order valence-electron chi connectivity index (χ1n) is 15.7. The molecule has 0 amide bonds. The Morgan fingerprint density at radius 2 is 0.500 bits per heavy atom. The molecule has 0 aliphatic carbocycles. The van der Waals surface area contributed by atoms with Gasteiger partial charge in [0.1, 0.15) is 0 Å². The fraction of sp³-hybridized carbons (Fsp3) is 1.00. The number of unbranched alkanes of at least 4 members (excludes halogenated alkanes) is 4. The summed E-state index contributed by atoms with van der Waals surface area (Å²) in [5.74, 6) is 1.80. The first-order chi connectivity index (χ1) is 17.4. The predicted molar refractivity (Wildman–Crippen MR) is 153 cm³/mol. The summed E-state index contributed by atoms with van der Waals surface area (Å²) in [4.78, 5) is 0. The number of hydrogen-bond donors (Lipinski definition) is 0. The molecule has 0 spiro atoms. The second-order valence-corrected chi connectivity index (χ2v) is 10.3. The van der Waals surface area contributed by atoms with Crippen molar-refractivity contribution in [2.75, 3.05) is 26.4 Å². The van der Waals surface area contributed by atoms with E-state index in [2.05, 4.69) is 55.4 Å². The van der Waals surface area contributed by atoms with Crippen molar-refractivity contribution in [3.8, 4) is 0 Å². The molecule has 0 radical (unpaired) electrons. The van der Waals surface area contributed by atoms with Gasteiger partial charge in [0.15, 0.2) is 0 Å². The van der Waals surface area contributed by atoms with E-state index in [1.807, 2.05) is 0 Å². The van der Waals surface area contributed by atoms with E-state index < -0.39 is 0 Å². The van der Waals surface area contributed by atoms with Gasteiger partial charge < -0.3 is 20.4 Å². The third-order valence-electron chi connectivity index (χ3n) is 7.12. The topological polar surface area (TPSA) is 92.2 Å². The van der Waals surface area contributed by atoms with Crippen LogP contribution < -0.4 is 20.4 Å². The Morgan fingerprint density at radius 3 is 0.579 bits per heavy atom. The first kappa shape index (κ1) is 52.0. The number of hydrogen-bond acceptors (Lipinski definition) is 4. The molecule has 0 rings (SSSR count). The summed E-state index contributed by atoms with van der Waals surface area (Å²) in [6.45, 7) is 17.5. The molecule has 0 heterocycles. The summed E-state index contributed by atoms with van der Waals surface area (Å²) >= 11 is 0. The predicted octanol–water partition coefficient (Wildman–Crippen LogP) is 6.25. The van der Waals surface area contributed by atoms with Crippen molar-refractivity contribution in [3.05, 3.63) is 0 Å². The van der Waals surface area contributed by atoms with Crippen molar-refractivity contribution in [1.29, 1.82) is 0 Å². The molecule has 4 atom stereocenters. The zero-order valence-corrected chi connectivity index (χ0v) is 30.2. The standard InChI is InChI=1S/4C8H17O.2Ti/c4*1-3-5-6-8(4-2)7-9;;/h4*8H,3-7H2,1-2H3;;/q4*-1;2*+2. The van der Waals surface area contributed by atoms with Gasteiger partial charge in [-0.05, 0) is 0 Å². The van der Waals surface area contributed by atoms with Crippen molar-refractivity contribution in [2.24, 2.45) is 23.7 Å².